The largest absolute Gasteiger partial charge is 0.494 e. The van der Waals surface area contributed by atoms with Crippen LogP contribution in [0, 0.1) is 11.8 Å². The fourth-order valence-electron chi connectivity index (χ4n) is 2.03. The van der Waals surface area contributed by atoms with E-state index in [0.717, 1.165) is 44.2 Å². The third-order valence-electron chi connectivity index (χ3n) is 3.03. The van der Waals surface area contributed by atoms with E-state index >= 15 is 0 Å². The fraction of sp³-hybridized carbons (Fsp3) is 0.647. The summed E-state index contributed by atoms with van der Waals surface area (Å²) in [4.78, 5) is 0. The van der Waals surface area contributed by atoms with Gasteiger partial charge in [-0.25, -0.2) is 0 Å². The lowest BCUT2D eigenvalue weighted by Crippen LogP contribution is -2.26. The molecule has 0 aromatic heterocycles. The number of benzene rings is 1. The van der Waals surface area contributed by atoms with Gasteiger partial charge in [0.05, 0.1) is 6.61 Å². The molecule has 0 saturated carbocycles. The molecule has 0 radical (unpaired) electrons. The Bertz CT molecular complexity index is 332. The van der Waals surface area contributed by atoms with Gasteiger partial charge in [-0.1, -0.05) is 39.8 Å². The van der Waals surface area contributed by atoms with Crippen LogP contribution < -0.4 is 10.1 Å². The first-order chi connectivity index (χ1) is 9.11. The third kappa shape index (κ3) is 7.22. The van der Waals surface area contributed by atoms with Crippen LogP contribution in [0.3, 0.4) is 0 Å². The van der Waals surface area contributed by atoms with Gasteiger partial charge >= 0.3 is 0 Å². The first-order valence-electron chi connectivity index (χ1n) is 7.54. The van der Waals surface area contributed by atoms with Gasteiger partial charge in [0.1, 0.15) is 5.75 Å². The standard InChI is InChI=1S/C17H29NO/c1-5-10-19-17-8-6-16(7-9-17)11-15(4)13-18-12-14(2)3/h6-9,14-15,18H,5,10-13H2,1-4H3. The molecular formula is C17H29NO. The highest BCUT2D eigenvalue weighted by molar-refractivity contribution is 5.27. The van der Waals surface area contributed by atoms with Gasteiger partial charge in [0.2, 0.25) is 0 Å². The van der Waals surface area contributed by atoms with Crippen LogP contribution in [0.1, 0.15) is 39.7 Å². The van der Waals surface area contributed by atoms with E-state index in [1.165, 1.54) is 5.56 Å². The molecule has 1 aromatic carbocycles. The van der Waals surface area contributed by atoms with Crippen molar-refractivity contribution in [3.05, 3.63) is 29.8 Å². The predicted octanol–water partition coefficient (Wildman–Crippen LogP) is 3.90. The van der Waals surface area contributed by atoms with Crippen LogP contribution in [-0.4, -0.2) is 19.7 Å². The molecule has 0 bridgehead atoms. The summed E-state index contributed by atoms with van der Waals surface area (Å²) in [5, 5.41) is 3.52. The Balaban J connectivity index is 2.31. The van der Waals surface area contributed by atoms with Gasteiger partial charge in [0, 0.05) is 0 Å². The van der Waals surface area contributed by atoms with Gasteiger partial charge in [-0.15, -0.1) is 0 Å². The van der Waals surface area contributed by atoms with Crippen molar-refractivity contribution < 1.29 is 4.74 Å². The molecule has 1 N–H and O–H groups in total. The van der Waals surface area contributed by atoms with E-state index < -0.39 is 0 Å². The highest BCUT2D eigenvalue weighted by Crippen LogP contribution is 2.15. The van der Waals surface area contributed by atoms with E-state index in [1.54, 1.807) is 0 Å². The molecule has 0 aliphatic heterocycles. The molecular weight excluding hydrogens is 234 g/mol. The molecule has 1 rings (SSSR count). The number of hydrogen-bond donors (Lipinski definition) is 1. The SMILES string of the molecule is CCCOc1ccc(CC(C)CNCC(C)C)cc1. The van der Waals surface area contributed by atoms with Crippen LogP contribution in [-0.2, 0) is 6.42 Å². The number of nitrogens with one attached hydrogen (secondary N) is 1. The number of ether oxygens (including phenoxy) is 1. The number of rotatable bonds is 9. The van der Waals surface area contributed by atoms with Crippen molar-refractivity contribution in [3.8, 4) is 5.75 Å². The summed E-state index contributed by atoms with van der Waals surface area (Å²) in [6.45, 7) is 11.9. The summed E-state index contributed by atoms with van der Waals surface area (Å²) in [5.41, 5.74) is 1.39. The Morgan fingerprint density at radius 2 is 1.74 bits per heavy atom. The van der Waals surface area contributed by atoms with E-state index in [2.05, 4.69) is 57.3 Å². The molecule has 0 amide bonds. The highest BCUT2D eigenvalue weighted by Gasteiger charge is 2.04. The molecule has 0 aliphatic carbocycles. The lowest BCUT2D eigenvalue weighted by Gasteiger charge is -2.14. The van der Waals surface area contributed by atoms with E-state index in [1.807, 2.05) is 0 Å². The maximum atomic E-state index is 5.59. The molecule has 1 atom stereocenters. The van der Waals surface area contributed by atoms with Gasteiger partial charge < -0.3 is 10.1 Å². The molecule has 0 aliphatic rings. The van der Waals surface area contributed by atoms with Gasteiger partial charge in [0.15, 0.2) is 0 Å². The molecule has 2 nitrogen and oxygen atoms in total. The second-order valence-electron chi connectivity index (χ2n) is 5.85. The Kier molecular flexibility index (Phi) is 7.57. The monoisotopic (exact) mass is 263 g/mol. The zero-order valence-corrected chi connectivity index (χ0v) is 12.9. The maximum absolute atomic E-state index is 5.59. The summed E-state index contributed by atoms with van der Waals surface area (Å²) in [6.07, 6.45) is 2.18. The van der Waals surface area contributed by atoms with E-state index in [-0.39, 0.29) is 0 Å². The Morgan fingerprint density at radius 1 is 1.05 bits per heavy atom. The Hall–Kier alpha value is -1.02. The van der Waals surface area contributed by atoms with Gasteiger partial charge in [-0.2, -0.15) is 0 Å². The van der Waals surface area contributed by atoms with Gasteiger partial charge in [-0.3, -0.25) is 0 Å². The topological polar surface area (TPSA) is 21.3 Å². The molecule has 0 fully saturated rings. The minimum atomic E-state index is 0.668. The second-order valence-corrected chi connectivity index (χ2v) is 5.85. The Labute approximate surface area is 118 Å². The zero-order valence-electron chi connectivity index (χ0n) is 12.9. The van der Waals surface area contributed by atoms with Crippen molar-refractivity contribution in [2.45, 2.75) is 40.5 Å². The summed E-state index contributed by atoms with van der Waals surface area (Å²) in [5.74, 6) is 2.37. The summed E-state index contributed by atoms with van der Waals surface area (Å²) >= 11 is 0. The van der Waals surface area contributed by atoms with Crippen LogP contribution in [0.4, 0.5) is 0 Å². The van der Waals surface area contributed by atoms with Crippen molar-refractivity contribution in [1.82, 2.24) is 5.32 Å². The second kappa shape index (κ2) is 8.98. The van der Waals surface area contributed by atoms with Crippen LogP contribution >= 0.6 is 0 Å². The van der Waals surface area contributed by atoms with Crippen LogP contribution in [0.2, 0.25) is 0 Å². The van der Waals surface area contributed by atoms with Crippen LogP contribution in [0.25, 0.3) is 0 Å². The van der Waals surface area contributed by atoms with E-state index in [4.69, 9.17) is 4.74 Å². The first kappa shape index (κ1) is 16.0. The molecule has 1 unspecified atom stereocenters. The molecule has 0 heterocycles. The normalized spacial score (nSPS) is 12.7. The molecule has 0 spiro atoms. The average Bonchev–Trinajstić information content (AvgIpc) is 2.37. The number of hydrogen-bond acceptors (Lipinski definition) is 2. The molecule has 2 heteroatoms. The maximum Gasteiger partial charge on any atom is 0.119 e. The Morgan fingerprint density at radius 3 is 2.32 bits per heavy atom. The van der Waals surface area contributed by atoms with Crippen molar-refractivity contribution in [3.63, 3.8) is 0 Å². The van der Waals surface area contributed by atoms with Crippen molar-refractivity contribution in [2.24, 2.45) is 11.8 Å². The predicted molar refractivity (Wildman–Crippen MR) is 82.8 cm³/mol. The smallest absolute Gasteiger partial charge is 0.119 e. The van der Waals surface area contributed by atoms with Crippen LogP contribution in [0.15, 0.2) is 24.3 Å². The van der Waals surface area contributed by atoms with Gasteiger partial charge in [0.25, 0.3) is 0 Å². The fourth-order valence-corrected chi connectivity index (χ4v) is 2.03. The quantitative estimate of drug-likeness (QED) is 0.729. The van der Waals surface area contributed by atoms with Crippen molar-refractivity contribution in [1.29, 1.82) is 0 Å². The molecule has 19 heavy (non-hydrogen) atoms. The van der Waals surface area contributed by atoms with Crippen LogP contribution in [0.5, 0.6) is 5.75 Å². The van der Waals surface area contributed by atoms with Gasteiger partial charge in [-0.05, 0) is 55.5 Å². The van der Waals surface area contributed by atoms with E-state index in [0.29, 0.717) is 5.92 Å². The zero-order chi connectivity index (χ0) is 14.1. The first-order valence-corrected chi connectivity index (χ1v) is 7.54. The van der Waals surface area contributed by atoms with Crippen molar-refractivity contribution >= 4 is 0 Å². The summed E-state index contributed by atoms with van der Waals surface area (Å²) in [6, 6.07) is 8.53. The van der Waals surface area contributed by atoms with Crippen molar-refractivity contribution in [2.75, 3.05) is 19.7 Å². The lowest BCUT2D eigenvalue weighted by atomic mass is 10.0. The van der Waals surface area contributed by atoms with E-state index in [9.17, 15) is 0 Å². The summed E-state index contributed by atoms with van der Waals surface area (Å²) < 4.78 is 5.59. The highest BCUT2D eigenvalue weighted by atomic mass is 16.5. The summed E-state index contributed by atoms with van der Waals surface area (Å²) in [7, 11) is 0. The molecule has 108 valence electrons. The molecule has 1 aromatic rings. The minimum Gasteiger partial charge on any atom is -0.494 e. The third-order valence-corrected chi connectivity index (χ3v) is 3.03. The average molecular weight is 263 g/mol. The minimum absolute atomic E-state index is 0.668. The lowest BCUT2D eigenvalue weighted by molar-refractivity contribution is 0.317. The molecule has 0 saturated heterocycles.